The van der Waals surface area contributed by atoms with E-state index in [0.717, 1.165) is 39.6 Å². The summed E-state index contributed by atoms with van der Waals surface area (Å²) < 4.78 is 22.7. The molecule has 284 valence electrons. The number of epoxide rings is 2. The van der Waals surface area contributed by atoms with Crippen LogP contribution in [0.1, 0.15) is 225 Å². The van der Waals surface area contributed by atoms with Crippen LogP contribution in [0.2, 0.25) is 0 Å². The van der Waals surface area contributed by atoms with Gasteiger partial charge in [0.2, 0.25) is 0 Å². The van der Waals surface area contributed by atoms with Gasteiger partial charge in [-0.25, -0.2) is 0 Å². The van der Waals surface area contributed by atoms with Gasteiger partial charge < -0.3 is 18.9 Å². The third kappa shape index (κ3) is 25.7. The summed E-state index contributed by atoms with van der Waals surface area (Å²) in [5.74, 6) is 0. The maximum atomic E-state index is 6.06. The maximum Gasteiger partial charge on any atom is 0.104 e. The minimum atomic E-state index is 0.197. The molecule has 0 spiro atoms. The summed E-state index contributed by atoms with van der Waals surface area (Å²) >= 11 is 0. The predicted molar refractivity (Wildman–Crippen MR) is 205 cm³/mol. The standard InChI is InChI=1S/C20H36O4.2C12H24/c1-2-4-6-8-10-20(11-9-7-5-3-1,16-21-12-18-14-23-18)17-22-13-19-15-24-19;2*1-2-4-6-8-10-12-11-9-7-5-3-1/h18-19H,1-17H2;2*1-12H2. The molecule has 2 unspecified atom stereocenters. The molecular formula is C44H84O4. The van der Waals surface area contributed by atoms with Crippen molar-refractivity contribution in [2.45, 2.75) is 237 Å². The Balaban J connectivity index is 0.000000219. The highest BCUT2D eigenvalue weighted by atomic mass is 16.6. The van der Waals surface area contributed by atoms with Gasteiger partial charge in [0.25, 0.3) is 0 Å². The van der Waals surface area contributed by atoms with Gasteiger partial charge in [-0.05, 0) is 12.8 Å². The van der Waals surface area contributed by atoms with Crippen LogP contribution in [0, 0.1) is 5.41 Å². The van der Waals surface area contributed by atoms with Crippen LogP contribution in [0.15, 0.2) is 0 Å². The number of ether oxygens (including phenoxy) is 4. The van der Waals surface area contributed by atoms with Crippen molar-refractivity contribution in [3.05, 3.63) is 0 Å². The highest BCUT2D eigenvalue weighted by Crippen LogP contribution is 2.34. The molecule has 0 radical (unpaired) electrons. The van der Waals surface area contributed by atoms with Gasteiger partial charge in [0.15, 0.2) is 0 Å². The zero-order chi connectivity index (χ0) is 33.5. The lowest BCUT2D eigenvalue weighted by Gasteiger charge is -2.34. The van der Waals surface area contributed by atoms with E-state index in [-0.39, 0.29) is 5.41 Å². The molecule has 0 aromatic rings. The zero-order valence-electron chi connectivity index (χ0n) is 32.3. The van der Waals surface area contributed by atoms with Gasteiger partial charge in [-0.3, -0.25) is 0 Å². The number of rotatable bonds is 8. The molecule has 4 nitrogen and oxygen atoms in total. The molecule has 5 rings (SSSR count). The zero-order valence-corrected chi connectivity index (χ0v) is 32.3. The average Bonchev–Trinajstić information content (AvgIpc) is 4.01. The van der Waals surface area contributed by atoms with Gasteiger partial charge in [0, 0.05) is 5.41 Å². The van der Waals surface area contributed by atoms with Crippen molar-refractivity contribution in [2.75, 3.05) is 39.6 Å². The van der Waals surface area contributed by atoms with E-state index in [1.54, 1.807) is 0 Å². The van der Waals surface area contributed by atoms with Crippen molar-refractivity contribution in [1.82, 2.24) is 0 Å². The summed E-state index contributed by atoms with van der Waals surface area (Å²) in [5, 5.41) is 0. The Hall–Kier alpha value is -0.160. The van der Waals surface area contributed by atoms with E-state index in [2.05, 4.69) is 0 Å². The molecule has 0 amide bonds. The van der Waals surface area contributed by atoms with E-state index in [0.29, 0.717) is 12.2 Å². The summed E-state index contributed by atoms with van der Waals surface area (Å²) in [5.41, 5.74) is 0.197. The van der Waals surface area contributed by atoms with Crippen LogP contribution in [0.25, 0.3) is 0 Å². The molecule has 3 aliphatic carbocycles. The summed E-state index contributed by atoms with van der Waals surface area (Å²) in [6.07, 6.45) is 51.6. The van der Waals surface area contributed by atoms with Crippen molar-refractivity contribution in [3.63, 3.8) is 0 Å². The first-order valence-corrected chi connectivity index (χ1v) is 22.3. The van der Waals surface area contributed by atoms with Crippen LogP contribution in [0.4, 0.5) is 0 Å². The Morgan fingerprint density at radius 3 is 0.688 bits per heavy atom. The summed E-state index contributed by atoms with van der Waals surface area (Å²) in [6.45, 7) is 4.93. The summed E-state index contributed by atoms with van der Waals surface area (Å²) in [6, 6.07) is 0. The first-order valence-electron chi connectivity index (χ1n) is 22.3. The largest absolute Gasteiger partial charge is 0.378 e. The lowest BCUT2D eigenvalue weighted by atomic mass is 9.78. The fourth-order valence-corrected chi connectivity index (χ4v) is 8.08. The van der Waals surface area contributed by atoms with E-state index in [4.69, 9.17) is 18.9 Å². The Morgan fingerprint density at radius 1 is 0.312 bits per heavy atom. The number of hydrogen-bond acceptors (Lipinski definition) is 4. The highest BCUT2D eigenvalue weighted by Gasteiger charge is 2.33. The van der Waals surface area contributed by atoms with E-state index >= 15 is 0 Å². The minimum absolute atomic E-state index is 0.197. The average molecular weight is 677 g/mol. The van der Waals surface area contributed by atoms with Crippen molar-refractivity contribution in [1.29, 1.82) is 0 Å². The molecular weight excluding hydrogens is 592 g/mol. The van der Waals surface area contributed by atoms with Gasteiger partial charge in [-0.1, -0.05) is 212 Å². The van der Waals surface area contributed by atoms with E-state index in [9.17, 15) is 0 Å². The van der Waals surface area contributed by atoms with Crippen LogP contribution in [-0.4, -0.2) is 51.8 Å². The van der Waals surface area contributed by atoms with Crippen LogP contribution in [0.5, 0.6) is 0 Å². The van der Waals surface area contributed by atoms with E-state index < -0.39 is 0 Å². The van der Waals surface area contributed by atoms with E-state index in [1.807, 2.05) is 0 Å². The van der Waals surface area contributed by atoms with Crippen molar-refractivity contribution in [2.24, 2.45) is 5.41 Å². The van der Waals surface area contributed by atoms with Crippen LogP contribution in [-0.2, 0) is 18.9 Å². The van der Waals surface area contributed by atoms with Crippen LogP contribution >= 0.6 is 0 Å². The molecule has 2 saturated heterocycles. The van der Waals surface area contributed by atoms with Crippen LogP contribution < -0.4 is 0 Å². The molecule has 2 aliphatic heterocycles. The Morgan fingerprint density at radius 2 is 0.500 bits per heavy atom. The Bertz CT molecular complexity index is 533. The maximum absolute atomic E-state index is 6.06. The Labute approximate surface area is 300 Å². The molecule has 4 heteroatoms. The summed E-state index contributed by atoms with van der Waals surface area (Å²) in [7, 11) is 0. The number of hydrogen-bond donors (Lipinski definition) is 0. The predicted octanol–water partition coefficient (Wildman–Crippen LogP) is 13.5. The molecule has 3 saturated carbocycles. The molecule has 5 aliphatic rings. The first kappa shape index (κ1) is 42.3. The fourth-order valence-electron chi connectivity index (χ4n) is 8.08. The van der Waals surface area contributed by atoms with Gasteiger partial charge in [0.05, 0.1) is 39.6 Å². The van der Waals surface area contributed by atoms with Crippen molar-refractivity contribution < 1.29 is 18.9 Å². The topological polar surface area (TPSA) is 43.5 Å². The minimum Gasteiger partial charge on any atom is -0.378 e. The summed E-state index contributed by atoms with van der Waals surface area (Å²) in [4.78, 5) is 0. The van der Waals surface area contributed by atoms with Crippen molar-refractivity contribution >= 4 is 0 Å². The van der Waals surface area contributed by atoms with Gasteiger partial charge >= 0.3 is 0 Å². The second-order valence-electron chi connectivity index (χ2n) is 16.6. The normalized spacial score (nSPS) is 27.5. The quantitative estimate of drug-likeness (QED) is 0.240. The molecule has 2 heterocycles. The van der Waals surface area contributed by atoms with Crippen LogP contribution in [0.3, 0.4) is 0 Å². The first-order chi connectivity index (χ1) is 23.9. The Kier molecular flexibility index (Phi) is 26.8. The second kappa shape index (κ2) is 30.5. The van der Waals surface area contributed by atoms with Gasteiger partial charge in [-0.15, -0.1) is 0 Å². The monoisotopic (exact) mass is 677 g/mol. The van der Waals surface area contributed by atoms with Crippen molar-refractivity contribution in [3.8, 4) is 0 Å². The third-order valence-corrected chi connectivity index (χ3v) is 11.6. The smallest absolute Gasteiger partial charge is 0.104 e. The highest BCUT2D eigenvalue weighted by molar-refractivity contribution is 4.81. The van der Waals surface area contributed by atoms with E-state index in [1.165, 1.54) is 225 Å². The second-order valence-corrected chi connectivity index (χ2v) is 16.6. The molecule has 0 aromatic heterocycles. The fraction of sp³-hybridized carbons (Fsp3) is 1.00. The van der Waals surface area contributed by atoms with Gasteiger partial charge in [-0.2, -0.15) is 0 Å². The molecule has 0 bridgehead atoms. The lowest BCUT2D eigenvalue weighted by molar-refractivity contribution is -0.0401. The lowest BCUT2D eigenvalue weighted by Crippen LogP contribution is -2.34. The molecule has 5 fully saturated rings. The van der Waals surface area contributed by atoms with Gasteiger partial charge in [0.1, 0.15) is 12.2 Å². The molecule has 0 N–H and O–H groups in total. The SMILES string of the molecule is C1CCCCCC(COCC2CO2)(COCC2CO2)CCCCC1.C1CCCCCCCCCCC1.C1CCCCCCCCCCC1. The molecule has 2 atom stereocenters. The third-order valence-electron chi connectivity index (χ3n) is 11.6. The molecule has 48 heavy (non-hydrogen) atoms. The molecule has 0 aromatic carbocycles.